The summed E-state index contributed by atoms with van der Waals surface area (Å²) in [6.45, 7) is -0.833. The molecular formula is C29H40N12O17S4. The fraction of sp³-hybridized carbons (Fsp3) is 0.586. The van der Waals surface area contributed by atoms with Crippen LogP contribution in [-0.4, -0.2) is 161 Å². The lowest BCUT2D eigenvalue weighted by Crippen LogP contribution is -2.64. The Hall–Kier alpha value is -5.64. The molecule has 0 spiro atoms. The van der Waals surface area contributed by atoms with Crippen molar-refractivity contribution in [3.05, 3.63) is 23.6 Å². The lowest BCUT2D eigenvalue weighted by Gasteiger charge is -2.31. The second-order valence-electron chi connectivity index (χ2n) is 13.5. The zero-order chi connectivity index (χ0) is 46.1. The van der Waals surface area contributed by atoms with E-state index in [1.54, 1.807) is 0 Å². The Bertz CT molecular complexity index is 2520. The molecule has 342 valence electrons. The smallest absolute Gasteiger partial charge is 0.338 e. The first-order chi connectivity index (χ1) is 28.8. The van der Waals surface area contributed by atoms with Crippen LogP contribution < -0.4 is 21.3 Å². The van der Waals surface area contributed by atoms with Crippen molar-refractivity contribution in [2.45, 2.75) is 76.9 Å². The third-order valence-electron chi connectivity index (χ3n) is 8.16. The molecule has 5 N–H and O–H groups in total. The van der Waals surface area contributed by atoms with Crippen LogP contribution in [0.15, 0.2) is 38.6 Å². The molecule has 0 aliphatic carbocycles. The maximum absolute atomic E-state index is 13.0. The van der Waals surface area contributed by atoms with Crippen LogP contribution in [0, 0.1) is 0 Å². The Labute approximate surface area is 351 Å². The van der Waals surface area contributed by atoms with Crippen molar-refractivity contribution in [1.29, 1.82) is 0 Å². The Morgan fingerprint density at radius 3 is 1.24 bits per heavy atom. The number of aromatic nitrogens is 8. The van der Waals surface area contributed by atoms with Gasteiger partial charge in [0.25, 0.3) is 0 Å². The summed E-state index contributed by atoms with van der Waals surface area (Å²) in [5.74, 6) is -6.18. The summed E-state index contributed by atoms with van der Waals surface area (Å²) >= 11 is 0. The number of hydrogen-bond donors (Lipinski definition) is 5. The van der Waals surface area contributed by atoms with E-state index in [1.807, 2.05) is 0 Å². The minimum absolute atomic E-state index is 0.207. The molecule has 4 aromatic heterocycles. The van der Waals surface area contributed by atoms with Gasteiger partial charge in [-0.05, 0) is 6.42 Å². The summed E-state index contributed by atoms with van der Waals surface area (Å²) in [7, 11) is -15.7. The molecule has 4 aromatic rings. The molecule has 4 heterocycles. The third-order valence-corrected chi connectivity index (χ3v) is 11.4. The van der Waals surface area contributed by atoms with Gasteiger partial charge in [-0.15, -0.1) is 20.4 Å². The van der Waals surface area contributed by atoms with E-state index in [0.717, 1.165) is 25.0 Å². The average Bonchev–Trinajstić information content (AvgIpc) is 3.99. The highest BCUT2D eigenvalue weighted by Gasteiger charge is 2.37. The van der Waals surface area contributed by atoms with E-state index in [0.29, 0.717) is 6.29 Å². The van der Waals surface area contributed by atoms with Crippen molar-refractivity contribution in [1.82, 2.24) is 62.1 Å². The van der Waals surface area contributed by atoms with Gasteiger partial charge < -0.3 is 38.2 Å². The van der Waals surface area contributed by atoms with Crippen LogP contribution >= 0.6 is 0 Å². The quantitative estimate of drug-likeness (QED) is 0.0228. The van der Waals surface area contributed by atoms with Gasteiger partial charge in [0.2, 0.25) is 74.7 Å². The molecule has 29 nitrogen and oxygen atoms in total. The number of aliphatic carboxylic acids is 1. The minimum Gasteiger partial charge on any atom is -0.479 e. The SMILES string of the molecule is CS(=O)(=O)c1nnc(CC(CC(=O)NCCNC(CCC=O)(NCCNC(=O)CC(Cc2nnc(S(C)(=O)=O)o2)c2nnc(S(C)(=O)=O)o2)C(=O)O)c2nnc(S(C)(=O)=O)o2)o1. The van der Waals surface area contributed by atoms with E-state index in [-0.39, 0.29) is 75.4 Å². The van der Waals surface area contributed by atoms with Crippen LogP contribution in [0.2, 0.25) is 0 Å². The van der Waals surface area contributed by atoms with Crippen LogP contribution in [0.3, 0.4) is 0 Å². The van der Waals surface area contributed by atoms with Crippen molar-refractivity contribution in [3.63, 3.8) is 0 Å². The lowest BCUT2D eigenvalue weighted by atomic mass is 10.0. The lowest BCUT2D eigenvalue weighted by molar-refractivity contribution is -0.147. The maximum atomic E-state index is 13.0. The predicted octanol–water partition coefficient (Wildman–Crippen LogP) is -3.86. The molecule has 0 aliphatic heterocycles. The van der Waals surface area contributed by atoms with Gasteiger partial charge in [0.1, 0.15) is 6.29 Å². The molecule has 0 saturated heterocycles. The van der Waals surface area contributed by atoms with Crippen LogP contribution in [0.1, 0.15) is 61.1 Å². The maximum Gasteiger partial charge on any atom is 0.338 e. The first-order valence-electron chi connectivity index (χ1n) is 17.6. The number of hydrogen-bond acceptors (Lipinski definition) is 26. The van der Waals surface area contributed by atoms with Gasteiger partial charge in [0, 0.05) is 83.3 Å². The van der Waals surface area contributed by atoms with Gasteiger partial charge >= 0.3 is 26.9 Å². The van der Waals surface area contributed by atoms with Gasteiger partial charge in [0.15, 0.2) is 5.66 Å². The Morgan fingerprint density at radius 2 is 0.935 bits per heavy atom. The Morgan fingerprint density at radius 1 is 0.581 bits per heavy atom. The number of sulfone groups is 4. The summed E-state index contributed by atoms with van der Waals surface area (Å²) in [4.78, 5) is 49.9. The summed E-state index contributed by atoms with van der Waals surface area (Å²) in [5, 5.41) is 46.3. The Balaban J connectivity index is 1.37. The molecule has 2 amide bonds. The van der Waals surface area contributed by atoms with Crippen molar-refractivity contribution in [3.8, 4) is 0 Å². The van der Waals surface area contributed by atoms with Crippen LogP contribution in [0.25, 0.3) is 0 Å². The molecule has 0 radical (unpaired) electrons. The summed E-state index contributed by atoms with van der Waals surface area (Å²) in [6.07, 6.45) is 1.64. The molecule has 2 atom stereocenters. The van der Waals surface area contributed by atoms with E-state index in [4.69, 9.17) is 17.7 Å². The highest BCUT2D eigenvalue weighted by molar-refractivity contribution is 7.91. The molecule has 0 fully saturated rings. The molecule has 62 heavy (non-hydrogen) atoms. The third kappa shape index (κ3) is 13.9. The number of carbonyl (C=O) groups excluding carboxylic acids is 3. The summed E-state index contributed by atoms with van der Waals surface area (Å²) < 4.78 is 116. The van der Waals surface area contributed by atoms with Gasteiger partial charge in [-0.3, -0.25) is 20.2 Å². The fourth-order valence-corrected chi connectivity index (χ4v) is 6.97. The number of nitrogens with one attached hydrogen (secondary N) is 4. The van der Waals surface area contributed by atoms with Crippen LogP contribution in [0.4, 0.5) is 0 Å². The number of aldehydes is 1. The second kappa shape index (κ2) is 20.0. The largest absolute Gasteiger partial charge is 0.479 e. The highest BCUT2D eigenvalue weighted by atomic mass is 32.2. The monoisotopic (exact) mass is 956 g/mol. The van der Waals surface area contributed by atoms with Crippen molar-refractivity contribution in [2.24, 2.45) is 0 Å². The number of rotatable bonds is 26. The number of nitrogens with zero attached hydrogens (tertiary/aromatic N) is 8. The normalized spacial score (nSPS) is 14.5. The number of carboxylic acids is 1. The van der Waals surface area contributed by atoms with E-state index < -0.39 is 108 Å². The van der Waals surface area contributed by atoms with E-state index >= 15 is 0 Å². The number of carboxylic acid groups (broad SMARTS) is 1. The minimum atomic E-state index is -3.95. The summed E-state index contributed by atoms with van der Waals surface area (Å²) in [6, 6.07) is 0. The van der Waals surface area contributed by atoms with Crippen molar-refractivity contribution >= 4 is 63.4 Å². The molecule has 0 bridgehead atoms. The zero-order valence-electron chi connectivity index (χ0n) is 33.0. The van der Waals surface area contributed by atoms with Crippen LogP contribution in [0.5, 0.6) is 0 Å². The first kappa shape index (κ1) is 49.0. The predicted molar refractivity (Wildman–Crippen MR) is 199 cm³/mol. The van der Waals surface area contributed by atoms with Gasteiger partial charge in [-0.2, -0.15) is 0 Å². The molecule has 2 unspecified atom stereocenters. The Kier molecular flexibility index (Phi) is 15.8. The highest BCUT2D eigenvalue weighted by Crippen LogP contribution is 2.26. The van der Waals surface area contributed by atoms with Gasteiger partial charge in [-0.1, -0.05) is 20.4 Å². The standard InChI is InChI=1S/C29H40N12O17S4/c1-59(47,48)25-38-34-20(55-25)14-16(22-36-40-27(57-22)61(3,51)52)12-18(43)30-7-9-32-29(24(45)46,6-5-11-42)33-10-8-31-19(44)13-17(23-37-41-28(58-23)62(4,53)54)15-21-35-39-26(56-21)60(2,49)50/h11,16-17,32-33H,5-10,12-15H2,1-4H3,(H,30,43)(H,31,44)(H,45,46). The van der Waals surface area contributed by atoms with E-state index in [2.05, 4.69) is 62.1 Å². The summed E-state index contributed by atoms with van der Waals surface area (Å²) in [5.41, 5.74) is -1.97. The molecule has 0 aromatic carbocycles. The van der Waals surface area contributed by atoms with Gasteiger partial charge in [0.05, 0.1) is 11.8 Å². The first-order valence-corrected chi connectivity index (χ1v) is 25.2. The molecule has 0 aliphatic rings. The second-order valence-corrected chi connectivity index (χ2v) is 21.1. The van der Waals surface area contributed by atoms with Crippen LogP contribution in [-0.2, 0) is 71.4 Å². The molecule has 0 saturated carbocycles. The van der Waals surface area contributed by atoms with E-state index in [1.165, 1.54) is 0 Å². The van der Waals surface area contributed by atoms with Crippen molar-refractivity contribution in [2.75, 3.05) is 51.2 Å². The molecule has 33 heteroatoms. The topological polar surface area (TPSA) is 429 Å². The fourth-order valence-electron chi connectivity index (χ4n) is 5.25. The average molecular weight is 957 g/mol. The van der Waals surface area contributed by atoms with Crippen molar-refractivity contribution < 1.29 is 75.6 Å². The molecular weight excluding hydrogens is 917 g/mol. The number of amides is 2. The zero-order valence-corrected chi connectivity index (χ0v) is 36.3. The number of carbonyl (C=O) groups is 4. The van der Waals surface area contributed by atoms with Gasteiger partial charge in [-0.25, -0.2) is 38.5 Å². The molecule has 4 rings (SSSR count). The van der Waals surface area contributed by atoms with E-state index in [9.17, 15) is 58.0 Å².